The lowest BCUT2D eigenvalue weighted by atomic mass is 9.88. The lowest BCUT2D eigenvalue weighted by Crippen LogP contribution is -2.19. The van der Waals surface area contributed by atoms with Crippen molar-refractivity contribution in [1.29, 1.82) is 5.26 Å². The molecular weight excluding hydrogens is 481 g/mol. The van der Waals surface area contributed by atoms with Crippen LogP contribution < -0.4 is 11.1 Å². The van der Waals surface area contributed by atoms with Gasteiger partial charge in [0.25, 0.3) is 11.8 Å². The van der Waals surface area contributed by atoms with Gasteiger partial charge in [0.2, 0.25) is 0 Å². The summed E-state index contributed by atoms with van der Waals surface area (Å²) in [5.74, 6) is 0.000113. The number of rotatable bonds is 5. The SMILES string of the molecule is C[C@H]1CCc2c(sc(NC(=O)/C(C#N)=C/c3ccc(-c4cccc(Cl)c4Cl)o3)c2C(N)=O)C1. The lowest BCUT2D eigenvalue weighted by molar-refractivity contribution is -0.112. The number of hydrogen-bond acceptors (Lipinski definition) is 5. The van der Waals surface area contributed by atoms with Gasteiger partial charge in [-0.1, -0.05) is 36.2 Å². The van der Waals surface area contributed by atoms with E-state index >= 15 is 0 Å². The average molecular weight is 500 g/mol. The average Bonchev–Trinajstić information content (AvgIpc) is 3.37. The second kappa shape index (κ2) is 9.44. The van der Waals surface area contributed by atoms with Crippen LogP contribution in [0, 0.1) is 17.2 Å². The monoisotopic (exact) mass is 499 g/mol. The molecule has 1 aliphatic carbocycles. The van der Waals surface area contributed by atoms with Crippen LogP contribution >= 0.6 is 34.5 Å². The van der Waals surface area contributed by atoms with E-state index in [0.29, 0.717) is 43.6 Å². The van der Waals surface area contributed by atoms with Gasteiger partial charge in [0.15, 0.2) is 0 Å². The van der Waals surface area contributed by atoms with Gasteiger partial charge in [0.05, 0.1) is 15.6 Å². The van der Waals surface area contributed by atoms with Gasteiger partial charge >= 0.3 is 0 Å². The zero-order chi connectivity index (χ0) is 23.7. The second-order valence-corrected chi connectivity index (χ2v) is 9.74. The van der Waals surface area contributed by atoms with Crippen molar-refractivity contribution >= 4 is 57.4 Å². The summed E-state index contributed by atoms with van der Waals surface area (Å²) < 4.78 is 5.76. The first-order valence-corrected chi connectivity index (χ1v) is 11.8. The Morgan fingerprint density at radius 1 is 1.30 bits per heavy atom. The molecule has 0 saturated carbocycles. The molecule has 6 nitrogen and oxygen atoms in total. The van der Waals surface area contributed by atoms with E-state index in [2.05, 4.69) is 12.2 Å². The minimum atomic E-state index is -0.648. The standard InChI is InChI=1S/C24H19Cl2N3O3S/c1-12-5-7-16-19(9-12)33-24(20(16)22(28)30)29-23(31)13(11-27)10-14-6-8-18(32-14)15-3-2-4-17(25)21(15)26/h2-4,6,8,10,12H,5,7,9H2,1H3,(H2,28,30)(H,29,31)/b13-10+/t12-/m0/s1. The fraction of sp³-hybridized carbons (Fsp3) is 0.208. The van der Waals surface area contributed by atoms with Gasteiger partial charge in [-0.2, -0.15) is 5.26 Å². The van der Waals surface area contributed by atoms with Crippen LogP contribution in [0.2, 0.25) is 10.0 Å². The van der Waals surface area contributed by atoms with E-state index in [9.17, 15) is 14.9 Å². The van der Waals surface area contributed by atoms with Crippen molar-refractivity contribution in [3.8, 4) is 17.4 Å². The van der Waals surface area contributed by atoms with Crippen LogP contribution in [-0.2, 0) is 17.6 Å². The molecule has 0 saturated heterocycles. The van der Waals surface area contributed by atoms with Crippen LogP contribution in [0.1, 0.15) is 39.9 Å². The Morgan fingerprint density at radius 2 is 2.09 bits per heavy atom. The van der Waals surface area contributed by atoms with Gasteiger partial charge in [0.1, 0.15) is 28.2 Å². The molecule has 3 aromatic rings. The summed E-state index contributed by atoms with van der Waals surface area (Å²) in [4.78, 5) is 26.0. The highest BCUT2D eigenvalue weighted by molar-refractivity contribution is 7.17. The fourth-order valence-corrected chi connectivity index (χ4v) is 5.63. The highest BCUT2D eigenvalue weighted by Crippen LogP contribution is 2.40. The Hall–Kier alpha value is -3.05. The molecule has 0 fully saturated rings. The molecule has 33 heavy (non-hydrogen) atoms. The number of nitriles is 1. The molecule has 1 atom stereocenters. The van der Waals surface area contributed by atoms with Crippen molar-refractivity contribution in [3.05, 3.63) is 67.7 Å². The van der Waals surface area contributed by atoms with Crippen molar-refractivity contribution in [1.82, 2.24) is 0 Å². The van der Waals surface area contributed by atoms with Crippen molar-refractivity contribution in [2.24, 2.45) is 11.7 Å². The van der Waals surface area contributed by atoms with E-state index in [0.717, 1.165) is 29.7 Å². The number of hydrogen-bond donors (Lipinski definition) is 2. The van der Waals surface area contributed by atoms with Crippen molar-refractivity contribution in [3.63, 3.8) is 0 Å². The van der Waals surface area contributed by atoms with E-state index in [1.165, 1.54) is 17.4 Å². The summed E-state index contributed by atoms with van der Waals surface area (Å²) in [5, 5.41) is 13.4. The number of nitrogens with one attached hydrogen (secondary N) is 1. The van der Waals surface area contributed by atoms with Crippen molar-refractivity contribution < 1.29 is 14.0 Å². The topological polar surface area (TPSA) is 109 Å². The maximum absolute atomic E-state index is 12.8. The molecule has 0 aliphatic heterocycles. The summed E-state index contributed by atoms with van der Waals surface area (Å²) in [5.41, 5.74) is 7.26. The molecule has 9 heteroatoms. The molecule has 0 unspecified atom stereocenters. The minimum Gasteiger partial charge on any atom is -0.457 e. The summed E-state index contributed by atoms with van der Waals surface area (Å²) in [7, 11) is 0. The zero-order valence-electron chi connectivity index (χ0n) is 17.6. The number of amides is 2. The first-order valence-electron chi connectivity index (χ1n) is 10.2. The van der Waals surface area contributed by atoms with Crippen LogP contribution in [0.25, 0.3) is 17.4 Å². The van der Waals surface area contributed by atoms with Gasteiger partial charge in [-0.05, 0) is 55.0 Å². The van der Waals surface area contributed by atoms with E-state index in [1.807, 2.05) is 6.07 Å². The van der Waals surface area contributed by atoms with Crippen molar-refractivity contribution in [2.75, 3.05) is 5.32 Å². The van der Waals surface area contributed by atoms with Gasteiger partial charge < -0.3 is 15.5 Å². The number of anilines is 1. The van der Waals surface area contributed by atoms with Gasteiger partial charge in [-0.15, -0.1) is 11.3 Å². The predicted octanol–water partition coefficient (Wildman–Crippen LogP) is 6.08. The van der Waals surface area contributed by atoms with Crippen molar-refractivity contribution in [2.45, 2.75) is 26.2 Å². The van der Waals surface area contributed by atoms with E-state index in [-0.39, 0.29) is 5.57 Å². The molecule has 2 heterocycles. The summed E-state index contributed by atoms with van der Waals surface area (Å²) in [6, 6.07) is 10.3. The zero-order valence-corrected chi connectivity index (χ0v) is 19.9. The largest absolute Gasteiger partial charge is 0.457 e. The third kappa shape index (κ3) is 4.69. The van der Waals surface area contributed by atoms with Crippen LogP contribution in [0.5, 0.6) is 0 Å². The van der Waals surface area contributed by atoms with E-state index in [1.54, 1.807) is 30.3 Å². The molecular formula is C24H19Cl2N3O3S. The molecule has 0 bridgehead atoms. The minimum absolute atomic E-state index is 0.178. The maximum atomic E-state index is 12.8. The number of primary amides is 1. The highest BCUT2D eigenvalue weighted by Gasteiger charge is 2.27. The number of nitrogens with two attached hydrogens (primary N) is 1. The van der Waals surface area contributed by atoms with Crippen LogP contribution in [-0.4, -0.2) is 11.8 Å². The number of carbonyl (C=O) groups excluding carboxylic acids is 2. The Bertz CT molecular complexity index is 1330. The number of nitrogens with zero attached hydrogens (tertiary/aromatic N) is 1. The summed E-state index contributed by atoms with van der Waals surface area (Å²) in [6.07, 6.45) is 3.86. The molecule has 3 N–H and O–H groups in total. The normalized spacial score (nSPS) is 15.6. The number of carbonyl (C=O) groups is 2. The molecule has 168 valence electrons. The fourth-order valence-electron chi connectivity index (χ4n) is 3.83. The summed E-state index contributed by atoms with van der Waals surface area (Å²) >= 11 is 13.6. The highest BCUT2D eigenvalue weighted by atomic mass is 35.5. The molecule has 0 radical (unpaired) electrons. The van der Waals surface area contributed by atoms with Crippen LogP contribution in [0.15, 0.2) is 40.3 Å². The summed E-state index contributed by atoms with van der Waals surface area (Å²) in [6.45, 7) is 2.15. The van der Waals surface area contributed by atoms with Gasteiger partial charge in [-0.3, -0.25) is 9.59 Å². The van der Waals surface area contributed by atoms with Crippen LogP contribution in [0.4, 0.5) is 5.00 Å². The first-order chi connectivity index (χ1) is 15.8. The van der Waals surface area contributed by atoms with Gasteiger partial charge in [0, 0.05) is 16.5 Å². The quantitative estimate of drug-likeness (QED) is 0.327. The third-order valence-electron chi connectivity index (χ3n) is 5.48. The van der Waals surface area contributed by atoms with Gasteiger partial charge in [-0.25, -0.2) is 0 Å². The number of fused-ring (bicyclic) bond motifs is 1. The Balaban J connectivity index is 1.60. The lowest BCUT2D eigenvalue weighted by Gasteiger charge is -2.18. The molecule has 2 amide bonds. The Kier molecular flexibility index (Phi) is 6.61. The Labute approximate surface area is 204 Å². The number of benzene rings is 1. The molecule has 4 rings (SSSR count). The number of furan rings is 1. The Morgan fingerprint density at radius 3 is 2.82 bits per heavy atom. The first kappa shape index (κ1) is 23.1. The molecule has 0 spiro atoms. The molecule has 1 aromatic carbocycles. The smallest absolute Gasteiger partial charge is 0.267 e. The van der Waals surface area contributed by atoms with E-state index < -0.39 is 11.8 Å². The maximum Gasteiger partial charge on any atom is 0.267 e. The predicted molar refractivity (Wildman–Crippen MR) is 130 cm³/mol. The number of halogens is 2. The molecule has 2 aromatic heterocycles. The number of thiophene rings is 1. The molecule has 1 aliphatic rings. The van der Waals surface area contributed by atoms with Crippen LogP contribution in [0.3, 0.4) is 0 Å². The van der Waals surface area contributed by atoms with E-state index in [4.69, 9.17) is 33.4 Å². The second-order valence-electron chi connectivity index (χ2n) is 7.85. The third-order valence-corrected chi connectivity index (χ3v) is 7.47.